The number of aromatic carboxylic acids is 1. The van der Waals surface area contributed by atoms with Crippen LogP contribution in [-0.2, 0) is 4.79 Å². The normalized spacial score (nSPS) is 9.79. The van der Waals surface area contributed by atoms with Crippen LogP contribution in [-0.4, -0.2) is 22.6 Å². The van der Waals surface area contributed by atoms with Crippen molar-refractivity contribution in [2.75, 3.05) is 0 Å². The van der Waals surface area contributed by atoms with Crippen LogP contribution in [0.4, 0.5) is 0 Å². The molecule has 5 heteroatoms. The van der Waals surface area contributed by atoms with Crippen LogP contribution in [0.15, 0.2) is 16.9 Å². The van der Waals surface area contributed by atoms with E-state index in [-0.39, 0.29) is 23.3 Å². The Morgan fingerprint density at radius 2 is 1.86 bits per heavy atom. The quantitative estimate of drug-likeness (QED) is 0.576. The molecule has 14 heavy (non-hydrogen) atoms. The summed E-state index contributed by atoms with van der Waals surface area (Å²) in [6.45, 7) is 1.26. The number of ketones is 2. The lowest BCUT2D eigenvalue weighted by Gasteiger charge is -1.95. The predicted octanol–water partition coefficient (Wildman–Crippen LogP) is 1.14. The van der Waals surface area contributed by atoms with Gasteiger partial charge in [0, 0.05) is 0 Å². The number of carboxylic acid groups (broad SMARTS) is 1. The predicted molar refractivity (Wildman–Crippen MR) is 45.3 cm³/mol. The third-order valence-electron chi connectivity index (χ3n) is 1.60. The van der Waals surface area contributed by atoms with E-state index in [9.17, 15) is 14.4 Å². The summed E-state index contributed by atoms with van der Waals surface area (Å²) in [6, 6.07) is 0. The summed E-state index contributed by atoms with van der Waals surface area (Å²) < 4.78 is 4.60. The van der Waals surface area contributed by atoms with Gasteiger partial charge in [-0.3, -0.25) is 9.59 Å². The van der Waals surface area contributed by atoms with Crippen LogP contribution in [0, 0.1) is 0 Å². The third kappa shape index (κ3) is 2.07. The molecule has 0 aliphatic heterocycles. The van der Waals surface area contributed by atoms with Gasteiger partial charge in [-0.15, -0.1) is 0 Å². The lowest BCUT2D eigenvalue weighted by molar-refractivity contribution is -0.116. The van der Waals surface area contributed by atoms with Crippen molar-refractivity contribution < 1.29 is 23.9 Å². The first-order valence-corrected chi connectivity index (χ1v) is 3.84. The van der Waals surface area contributed by atoms with Gasteiger partial charge in [-0.1, -0.05) is 0 Å². The van der Waals surface area contributed by atoms with E-state index < -0.39 is 11.8 Å². The number of carbonyl (C=O) groups excluding carboxylic acids is 2. The van der Waals surface area contributed by atoms with Gasteiger partial charge in [0.1, 0.15) is 23.9 Å². The van der Waals surface area contributed by atoms with E-state index >= 15 is 0 Å². The zero-order valence-electron chi connectivity index (χ0n) is 7.44. The van der Waals surface area contributed by atoms with Gasteiger partial charge in [0.2, 0.25) is 0 Å². The molecule has 0 spiro atoms. The van der Waals surface area contributed by atoms with Gasteiger partial charge < -0.3 is 9.52 Å². The van der Waals surface area contributed by atoms with Gasteiger partial charge in [-0.2, -0.15) is 0 Å². The number of carboxylic acids is 1. The van der Waals surface area contributed by atoms with Crippen molar-refractivity contribution in [2.45, 2.75) is 13.3 Å². The maximum Gasteiger partial charge on any atom is 0.339 e. The van der Waals surface area contributed by atoms with Crippen molar-refractivity contribution in [3.63, 3.8) is 0 Å². The van der Waals surface area contributed by atoms with Crippen LogP contribution < -0.4 is 0 Å². The zero-order valence-corrected chi connectivity index (χ0v) is 7.44. The maximum absolute atomic E-state index is 11.3. The van der Waals surface area contributed by atoms with Crippen molar-refractivity contribution in [1.29, 1.82) is 0 Å². The molecular weight excluding hydrogens is 188 g/mol. The molecule has 0 radical (unpaired) electrons. The molecule has 0 fully saturated rings. The summed E-state index contributed by atoms with van der Waals surface area (Å²) in [5.41, 5.74) is -0.274. The molecule has 0 aromatic carbocycles. The first-order valence-electron chi connectivity index (χ1n) is 3.84. The molecule has 1 aromatic rings. The summed E-state index contributed by atoms with van der Waals surface area (Å²) in [5, 5.41) is 8.64. The molecular formula is C9H8O5. The number of hydrogen-bond donors (Lipinski definition) is 1. The van der Waals surface area contributed by atoms with E-state index in [1.165, 1.54) is 6.92 Å². The zero-order chi connectivity index (χ0) is 10.7. The second kappa shape index (κ2) is 3.87. The van der Waals surface area contributed by atoms with E-state index in [4.69, 9.17) is 5.11 Å². The largest absolute Gasteiger partial charge is 0.478 e. The molecule has 0 atom stereocenters. The minimum absolute atomic E-state index is 0.0623. The maximum atomic E-state index is 11.3. The van der Waals surface area contributed by atoms with E-state index in [1.807, 2.05) is 0 Å². The third-order valence-corrected chi connectivity index (χ3v) is 1.60. The Morgan fingerprint density at radius 1 is 1.29 bits per heavy atom. The standard InChI is InChI=1S/C9H8O5/c1-5(10)2-8(11)6-3-14-4-7(6)9(12)13/h3-4H,2H2,1H3,(H,12,13). The van der Waals surface area contributed by atoms with Crippen molar-refractivity contribution in [1.82, 2.24) is 0 Å². The van der Waals surface area contributed by atoms with Crippen molar-refractivity contribution in [3.8, 4) is 0 Å². The summed E-state index contributed by atoms with van der Waals surface area (Å²) in [4.78, 5) is 32.5. The summed E-state index contributed by atoms with van der Waals surface area (Å²) >= 11 is 0. The Kier molecular flexibility index (Phi) is 2.81. The van der Waals surface area contributed by atoms with Gasteiger partial charge in [0.05, 0.1) is 12.0 Å². The van der Waals surface area contributed by atoms with Crippen LogP contribution in [0.3, 0.4) is 0 Å². The summed E-state index contributed by atoms with van der Waals surface area (Å²) in [7, 11) is 0. The highest BCUT2D eigenvalue weighted by atomic mass is 16.4. The van der Waals surface area contributed by atoms with Gasteiger partial charge in [0.25, 0.3) is 0 Å². The van der Waals surface area contributed by atoms with Crippen molar-refractivity contribution in [2.24, 2.45) is 0 Å². The molecule has 74 valence electrons. The van der Waals surface area contributed by atoms with Gasteiger partial charge >= 0.3 is 5.97 Å². The van der Waals surface area contributed by atoms with E-state index in [1.54, 1.807) is 0 Å². The molecule has 0 amide bonds. The fourth-order valence-corrected chi connectivity index (χ4v) is 1.000. The second-order valence-electron chi connectivity index (χ2n) is 2.81. The topological polar surface area (TPSA) is 84.6 Å². The number of carbonyl (C=O) groups is 3. The average molecular weight is 196 g/mol. The summed E-state index contributed by atoms with van der Waals surface area (Å²) in [5.74, 6) is -2.10. The molecule has 1 N–H and O–H groups in total. The fraction of sp³-hybridized carbons (Fsp3) is 0.222. The highest BCUT2D eigenvalue weighted by molar-refractivity contribution is 6.11. The highest BCUT2D eigenvalue weighted by Crippen LogP contribution is 2.12. The Balaban J connectivity index is 2.95. The number of Topliss-reactive ketones (excluding diaryl/α,β-unsaturated/α-hetero) is 2. The molecule has 1 aromatic heterocycles. The van der Waals surface area contributed by atoms with Gasteiger partial charge in [0.15, 0.2) is 5.78 Å². The Hall–Kier alpha value is -1.91. The van der Waals surface area contributed by atoms with Crippen LogP contribution >= 0.6 is 0 Å². The average Bonchev–Trinajstić information content (AvgIpc) is 2.49. The molecule has 5 nitrogen and oxygen atoms in total. The molecule has 0 aliphatic rings. The lowest BCUT2D eigenvalue weighted by Crippen LogP contribution is -2.08. The monoisotopic (exact) mass is 196 g/mol. The van der Waals surface area contributed by atoms with Crippen LogP contribution in [0.2, 0.25) is 0 Å². The van der Waals surface area contributed by atoms with Crippen molar-refractivity contribution in [3.05, 3.63) is 23.7 Å². The van der Waals surface area contributed by atoms with Gasteiger partial charge in [-0.05, 0) is 6.92 Å². The highest BCUT2D eigenvalue weighted by Gasteiger charge is 2.19. The molecule has 1 rings (SSSR count). The first-order chi connectivity index (χ1) is 6.52. The molecule has 0 saturated carbocycles. The Labute approximate surface area is 79.3 Å². The lowest BCUT2D eigenvalue weighted by atomic mass is 10.1. The first kappa shape index (κ1) is 10.2. The van der Waals surface area contributed by atoms with Crippen LogP contribution in [0.1, 0.15) is 34.1 Å². The Morgan fingerprint density at radius 3 is 2.36 bits per heavy atom. The van der Waals surface area contributed by atoms with Crippen molar-refractivity contribution >= 4 is 17.5 Å². The van der Waals surface area contributed by atoms with Gasteiger partial charge in [-0.25, -0.2) is 4.79 Å². The molecule has 1 heterocycles. The van der Waals surface area contributed by atoms with Crippen LogP contribution in [0.5, 0.6) is 0 Å². The molecule has 0 bridgehead atoms. The smallest absolute Gasteiger partial charge is 0.339 e. The molecule has 0 saturated heterocycles. The fourth-order valence-electron chi connectivity index (χ4n) is 1.000. The number of furan rings is 1. The van der Waals surface area contributed by atoms with E-state index in [0.717, 1.165) is 12.5 Å². The summed E-state index contributed by atoms with van der Waals surface area (Å²) in [6.07, 6.45) is 1.70. The minimum Gasteiger partial charge on any atom is -0.478 e. The minimum atomic E-state index is -1.24. The second-order valence-corrected chi connectivity index (χ2v) is 2.81. The molecule has 0 unspecified atom stereocenters. The number of rotatable bonds is 4. The van der Waals surface area contributed by atoms with E-state index in [2.05, 4.69) is 4.42 Å². The Bertz CT molecular complexity index is 388. The van der Waals surface area contributed by atoms with E-state index in [0.29, 0.717) is 0 Å². The number of hydrogen-bond acceptors (Lipinski definition) is 4. The SMILES string of the molecule is CC(=O)CC(=O)c1cocc1C(=O)O. The molecule has 0 aliphatic carbocycles. The van der Waals surface area contributed by atoms with Crippen LogP contribution in [0.25, 0.3) is 0 Å².